The maximum Gasteiger partial charge on any atom is 0.273 e. The Bertz CT molecular complexity index is 1150. The highest BCUT2D eigenvalue weighted by Gasteiger charge is 2.15. The summed E-state index contributed by atoms with van der Waals surface area (Å²) in [5, 5.41) is 15.6. The molecule has 3 aromatic rings. The van der Waals surface area contributed by atoms with Crippen LogP contribution in [0.5, 0.6) is 11.5 Å². The number of carbonyl (C=O) groups excluding carboxylic acids is 1. The van der Waals surface area contributed by atoms with Crippen LogP contribution in [0.1, 0.15) is 16.7 Å². The number of ether oxygens (including phenoxy) is 2. The van der Waals surface area contributed by atoms with Gasteiger partial charge in [-0.05, 0) is 29.8 Å². The molecule has 32 heavy (non-hydrogen) atoms. The lowest BCUT2D eigenvalue weighted by Gasteiger charge is -2.12. The minimum absolute atomic E-state index is 0.108. The van der Waals surface area contributed by atoms with E-state index in [0.717, 1.165) is 5.56 Å². The van der Waals surface area contributed by atoms with Gasteiger partial charge in [-0.25, -0.2) is 5.43 Å². The first-order valence-corrected chi connectivity index (χ1v) is 9.94. The van der Waals surface area contributed by atoms with Gasteiger partial charge >= 0.3 is 0 Å². The van der Waals surface area contributed by atoms with Crippen LogP contribution in [0.25, 0.3) is 0 Å². The topological polar surface area (TPSA) is 103 Å². The van der Waals surface area contributed by atoms with E-state index < -0.39 is 10.8 Å². The Morgan fingerprint density at radius 1 is 1.09 bits per heavy atom. The van der Waals surface area contributed by atoms with Crippen LogP contribution in [0.15, 0.2) is 71.8 Å². The molecule has 1 amide bonds. The Morgan fingerprint density at radius 2 is 1.81 bits per heavy atom. The van der Waals surface area contributed by atoms with E-state index in [1.165, 1.54) is 25.5 Å². The zero-order valence-electron chi connectivity index (χ0n) is 17.2. The average Bonchev–Trinajstić information content (AvgIpc) is 2.79. The summed E-state index contributed by atoms with van der Waals surface area (Å²) in [6.45, 7) is 0.283. The summed E-state index contributed by atoms with van der Waals surface area (Å²) in [6.07, 6.45) is 1.28. The maximum atomic E-state index is 12.1. The second kappa shape index (κ2) is 10.9. The molecule has 0 aliphatic carbocycles. The molecule has 0 aromatic heterocycles. The normalized spacial score (nSPS) is 10.7. The summed E-state index contributed by atoms with van der Waals surface area (Å²) in [6, 6.07) is 18.7. The van der Waals surface area contributed by atoms with Crippen molar-refractivity contribution >= 4 is 29.4 Å². The smallest absolute Gasteiger partial charge is 0.273 e. The summed E-state index contributed by atoms with van der Waals surface area (Å²) in [5.74, 6) is 0.555. The molecule has 0 atom stereocenters. The average molecular weight is 454 g/mol. The molecule has 0 aliphatic rings. The van der Waals surface area contributed by atoms with Crippen LogP contribution in [0.4, 0.5) is 5.69 Å². The number of benzene rings is 3. The predicted octanol–water partition coefficient (Wildman–Crippen LogP) is 4.53. The van der Waals surface area contributed by atoms with Crippen LogP contribution >= 0.6 is 11.6 Å². The number of hydrogen-bond donors (Lipinski definition) is 1. The lowest BCUT2D eigenvalue weighted by atomic mass is 10.1. The molecule has 0 radical (unpaired) electrons. The van der Waals surface area contributed by atoms with Gasteiger partial charge in [-0.1, -0.05) is 48.0 Å². The number of carbonyl (C=O) groups is 1. The summed E-state index contributed by atoms with van der Waals surface area (Å²) in [5.41, 5.74) is 4.09. The molecule has 0 aliphatic heterocycles. The van der Waals surface area contributed by atoms with E-state index in [9.17, 15) is 14.9 Å². The molecule has 0 spiro atoms. The number of rotatable bonds is 9. The van der Waals surface area contributed by atoms with Gasteiger partial charge in [-0.3, -0.25) is 14.9 Å². The number of nitro groups is 1. The minimum Gasteiger partial charge on any atom is -0.493 e. The Hall–Kier alpha value is -3.91. The summed E-state index contributed by atoms with van der Waals surface area (Å²) >= 11 is 6.15. The van der Waals surface area contributed by atoms with Gasteiger partial charge in [0.2, 0.25) is 5.91 Å². The fourth-order valence-electron chi connectivity index (χ4n) is 2.88. The third kappa shape index (κ3) is 6.05. The monoisotopic (exact) mass is 453 g/mol. The van der Waals surface area contributed by atoms with E-state index in [-0.39, 0.29) is 18.7 Å². The molecule has 0 fully saturated rings. The highest BCUT2D eigenvalue weighted by Crippen LogP contribution is 2.29. The van der Waals surface area contributed by atoms with Crippen molar-refractivity contribution in [2.24, 2.45) is 5.10 Å². The van der Waals surface area contributed by atoms with Crippen molar-refractivity contribution in [3.8, 4) is 11.5 Å². The van der Waals surface area contributed by atoms with Gasteiger partial charge in [0, 0.05) is 22.2 Å². The van der Waals surface area contributed by atoms with Gasteiger partial charge in [-0.15, -0.1) is 0 Å². The van der Waals surface area contributed by atoms with Crippen molar-refractivity contribution in [2.45, 2.75) is 13.0 Å². The molecular weight excluding hydrogens is 434 g/mol. The standard InChI is InChI=1S/C23H20ClN3O5/c1-31-22-12-16(10-11-21(22)32-15-18-7-2-4-8-19(18)24)14-25-26-23(28)13-17-6-3-5-9-20(17)27(29)30/h2-12,14H,13,15H2,1H3,(H,26,28)/b25-14+. The molecule has 3 aromatic carbocycles. The van der Waals surface area contributed by atoms with E-state index in [1.807, 2.05) is 18.2 Å². The molecule has 1 N–H and O–H groups in total. The van der Waals surface area contributed by atoms with Crippen molar-refractivity contribution in [2.75, 3.05) is 7.11 Å². The van der Waals surface area contributed by atoms with E-state index in [1.54, 1.807) is 36.4 Å². The largest absolute Gasteiger partial charge is 0.493 e. The summed E-state index contributed by atoms with van der Waals surface area (Å²) < 4.78 is 11.2. The second-order valence-electron chi connectivity index (χ2n) is 6.65. The number of nitrogens with one attached hydrogen (secondary N) is 1. The van der Waals surface area contributed by atoms with E-state index in [4.69, 9.17) is 21.1 Å². The fraction of sp³-hybridized carbons (Fsp3) is 0.130. The molecular formula is C23H20ClN3O5. The molecule has 164 valence electrons. The van der Waals surface area contributed by atoms with Gasteiger partial charge in [0.1, 0.15) is 6.61 Å². The number of nitrogens with zero attached hydrogens (tertiary/aromatic N) is 2. The van der Waals surface area contributed by atoms with Crippen molar-refractivity contribution in [3.05, 3.63) is 98.6 Å². The Morgan fingerprint density at radius 3 is 2.53 bits per heavy atom. The van der Waals surface area contributed by atoms with Crippen molar-refractivity contribution in [1.29, 1.82) is 0 Å². The second-order valence-corrected chi connectivity index (χ2v) is 7.05. The predicted molar refractivity (Wildman–Crippen MR) is 121 cm³/mol. The first kappa shape index (κ1) is 22.8. The molecule has 0 saturated carbocycles. The number of hydrazone groups is 1. The molecule has 9 heteroatoms. The van der Waals surface area contributed by atoms with Gasteiger partial charge < -0.3 is 9.47 Å². The molecule has 0 unspecified atom stereocenters. The summed E-state index contributed by atoms with van der Waals surface area (Å²) in [7, 11) is 1.52. The summed E-state index contributed by atoms with van der Waals surface area (Å²) in [4.78, 5) is 22.6. The van der Waals surface area contributed by atoms with E-state index in [2.05, 4.69) is 10.5 Å². The third-order valence-electron chi connectivity index (χ3n) is 4.47. The van der Waals surface area contributed by atoms with Crippen LogP contribution in [0.3, 0.4) is 0 Å². The first-order valence-electron chi connectivity index (χ1n) is 9.56. The Labute approximate surface area is 189 Å². The number of amides is 1. The number of methoxy groups -OCH3 is 1. The van der Waals surface area contributed by atoms with Crippen molar-refractivity contribution in [3.63, 3.8) is 0 Å². The zero-order chi connectivity index (χ0) is 22.9. The van der Waals surface area contributed by atoms with Crippen LogP contribution in [0.2, 0.25) is 5.02 Å². The molecule has 0 heterocycles. The van der Waals surface area contributed by atoms with Gasteiger partial charge in [0.05, 0.1) is 24.7 Å². The number of halogens is 1. The van der Waals surface area contributed by atoms with Crippen LogP contribution in [-0.2, 0) is 17.8 Å². The quantitative estimate of drug-likeness (QED) is 0.291. The van der Waals surface area contributed by atoms with Gasteiger partial charge in [0.15, 0.2) is 11.5 Å². The number of para-hydroxylation sites is 1. The highest BCUT2D eigenvalue weighted by molar-refractivity contribution is 6.31. The van der Waals surface area contributed by atoms with E-state index in [0.29, 0.717) is 27.6 Å². The molecule has 3 rings (SSSR count). The minimum atomic E-state index is -0.520. The van der Waals surface area contributed by atoms with Crippen LogP contribution in [0, 0.1) is 10.1 Å². The number of nitro benzene ring substituents is 1. The Balaban J connectivity index is 1.60. The zero-order valence-corrected chi connectivity index (χ0v) is 17.9. The molecule has 0 bridgehead atoms. The van der Waals surface area contributed by atoms with Gasteiger partial charge in [-0.2, -0.15) is 5.10 Å². The Kier molecular flexibility index (Phi) is 7.77. The highest BCUT2D eigenvalue weighted by atomic mass is 35.5. The van der Waals surface area contributed by atoms with Crippen molar-refractivity contribution < 1.29 is 19.2 Å². The van der Waals surface area contributed by atoms with Crippen molar-refractivity contribution in [1.82, 2.24) is 5.43 Å². The SMILES string of the molecule is COc1cc(/C=N/NC(=O)Cc2ccccc2[N+](=O)[O-])ccc1OCc1ccccc1Cl. The third-order valence-corrected chi connectivity index (χ3v) is 4.84. The van der Waals surface area contributed by atoms with Crippen LogP contribution < -0.4 is 14.9 Å². The molecule has 0 saturated heterocycles. The fourth-order valence-corrected chi connectivity index (χ4v) is 3.07. The number of hydrogen-bond acceptors (Lipinski definition) is 6. The van der Waals surface area contributed by atoms with Crippen LogP contribution in [-0.4, -0.2) is 24.2 Å². The van der Waals surface area contributed by atoms with E-state index >= 15 is 0 Å². The maximum absolute atomic E-state index is 12.1. The first-order chi connectivity index (χ1) is 15.5. The molecule has 8 nitrogen and oxygen atoms in total. The lowest BCUT2D eigenvalue weighted by Crippen LogP contribution is -2.20. The lowest BCUT2D eigenvalue weighted by molar-refractivity contribution is -0.385. The van der Waals surface area contributed by atoms with Gasteiger partial charge in [0.25, 0.3) is 5.69 Å².